The van der Waals surface area contributed by atoms with Gasteiger partial charge in [0.25, 0.3) is 17.7 Å². The summed E-state index contributed by atoms with van der Waals surface area (Å²) in [6.45, 7) is 3.70. The zero-order chi connectivity index (χ0) is 23.7. The van der Waals surface area contributed by atoms with Gasteiger partial charge in [0.1, 0.15) is 17.1 Å². The fraction of sp³-hybridized carbons (Fsp3) is 0.524. The van der Waals surface area contributed by atoms with Gasteiger partial charge in [0.2, 0.25) is 5.92 Å². The lowest BCUT2D eigenvalue weighted by Crippen LogP contribution is -2.24. The molecule has 32 heavy (non-hydrogen) atoms. The van der Waals surface area contributed by atoms with Crippen LogP contribution in [0.4, 0.5) is 23.2 Å². The van der Waals surface area contributed by atoms with Gasteiger partial charge in [0, 0.05) is 49.2 Å². The van der Waals surface area contributed by atoms with E-state index < -0.39 is 40.2 Å². The smallest absolute Gasteiger partial charge is 0.289 e. The van der Waals surface area contributed by atoms with E-state index >= 15 is 0 Å². The third kappa shape index (κ3) is 3.63. The molecule has 2 heterocycles. The number of nitrogens with zero attached hydrogens (tertiary/aromatic N) is 3. The van der Waals surface area contributed by atoms with E-state index in [0.717, 1.165) is 4.68 Å². The standard InChI is InChI=1S/C21H23F4N5O2/c1-11-14(17(32)28-12-4-5-27-13(6-12)16(26)31)30(29-15(11)19(3,22)23)10-20-7-18(20,2)8-21(24,25)9-20/h4-6H,7-10H2,1-3H3,(H2,26,31)(H,27,28,32). The van der Waals surface area contributed by atoms with Crippen LogP contribution in [0.3, 0.4) is 0 Å². The van der Waals surface area contributed by atoms with Crippen molar-refractivity contribution in [3.05, 3.63) is 41.0 Å². The number of fused-ring (bicyclic) bond motifs is 1. The van der Waals surface area contributed by atoms with Crippen LogP contribution < -0.4 is 11.1 Å². The molecule has 2 unspecified atom stereocenters. The Morgan fingerprint density at radius 3 is 2.53 bits per heavy atom. The van der Waals surface area contributed by atoms with Crippen molar-refractivity contribution in [2.45, 2.75) is 58.4 Å². The quantitative estimate of drug-likeness (QED) is 0.648. The molecule has 2 aliphatic rings. The Labute approximate surface area is 181 Å². The first-order valence-electron chi connectivity index (χ1n) is 10.1. The summed E-state index contributed by atoms with van der Waals surface area (Å²) in [5, 5.41) is 6.51. The third-order valence-electron chi connectivity index (χ3n) is 6.67. The molecule has 4 rings (SSSR count). The molecule has 7 nitrogen and oxygen atoms in total. The fourth-order valence-corrected chi connectivity index (χ4v) is 5.15. The Morgan fingerprint density at radius 2 is 1.97 bits per heavy atom. The van der Waals surface area contributed by atoms with E-state index in [1.807, 2.05) is 0 Å². The average Bonchev–Trinajstić information content (AvgIpc) is 2.90. The molecule has 0 aromatic carbocycles. The van der Waals surface area contributed by atoms with Crippen LogP contribution in [-0.4, -0.2) is 32.5 Å². The third-order valence-corrected chi connectivity index (χ3v) is 6.67. The number of aromatic nitrogens is 3. The second kappa shape index (κ2) is 6.76. The highest BCUT2D eigenvalue weighted by Gasteiger charge is 2.74. The molecule has 2 aromatic rings. The monoisotopic (exact) mass is 453 g/mol. The first kappa shape index (κ1) is 22.2. The maximum absolute atomic E-state index is 14.2. The molecule has 0 bridgehead atoms. The zero-order valence-electron chi connectivity index (χ0n) is 17.8. The predicted octanol–water partition coefficient (Wildman–Crippen LogP) is 3.87. The lowest BCUT2D eigenvalue weighted by atomic mass is 9.98. The summed E-state index contributed by atoms with van der Waals surface area (Å²) in [4.78, 5) is 28.2. The Bertz CT molecular complexity index is 1130. The summed E-state index contributed by atoms with van der Waals surface area (Å²) in [6.07, 6.45) is 1.13. The van der Waals surface area contributed by atoms with Gasteiger partial charge >= 0.3 is 0 Å². The SMILES string of the molecule is Cc1c(C(C)(F)F)nn(CC23CC(F)(F)CC2(C)C3)c1C(=O)Nc1ccnc(C(N)=O)c1. The fourth-order valence-electron chi connectivity index (χ4n) is 5.15. The van der Waals surface area contributed by atoms with Crippen molar-refractivity contribution in [2.75, 3.05) is 5.32 Å². The predicted molar refractivity (Wildman–Crippen MR) is 107 cm³/mol. The summed E-state index contributed by atoms with van der Waals surface area (Å²) in [6, 6.07) is 2.66. The summed E-state index contributed by atoms with van der Waals surface area (Å²) in [5.41, 5.74) is 3.09. The van der Waals surface area contributed by atoms with Gasteiger partial charge in [0.15, 0.2) is 0 Å². The molecule has 2 fully saturated rings. The van der Waals surface area contributed by atoms with Gasteiger partial charge in [-0.1, -0.05) is 6.92 Å². The van der Waals surface area contributed by atoms with Crippen LogP contribution in [0.15, 0.2) is 18.3 Å². The van der Waals surface area contributed by atoms with Gasteiger partial charge < -0.3 is 11.1 Å². The van der Waals surface area contributed by atoms with Crippen LogP contribution in [0.5, 0.6) is 0 Å². The van der Waals surface area contributed by atoms with Gasteiger partial charge in [-0.3, -0.25) is 19.3 Å². The summed E-state index contributed by atoms with van der Waals surface area (Å²) in [7, 11) is 0. The Balaban J connectivity index is 1.70. The van der Waals surface area contributed by atoms with Gasteiger partial charge in [-0.15, -0.1) is 0 Å². The Kier molecular flexibility index (Phi) is 4.69. The molecule has 172 valence electrons. The number of rotatable bonds is 6. The molecule has 0 spiro atoms. The maximum atomic E-state index is 14.2. The van der Waals surface area contributed by atoms with Gasteiger partial charge in [-0.2, -0.15) is 13.9 Å². The molecule has 2 aromatic heterocycles. The Morgan fingerprint density at radius 1 is 1.28 bits per heavy atom. The highest BCUT2D eigenvalue weighted by molar-refractivity contribution is 6.04. The molecule has 0 aliphatic heterocycles. The number of nitrogens with two attached hydrogens (primary N) is 1. The van der Waals surface area contributed by atoms with Crippen molar-refractivity contribution in [1.82, 2.24) is 14.8 Å². The van der Waals surface area contributed by atoms with Crippen molar-refractivity contribution in [1.29, 1.82) is 0 Å². The molecule has 3 N–H and O–H groups in total. The highest BCUT2D eigenvalue weighted by atomic mass is 19.3. The van der Waals surface area contributed by atoms with Gasteiger partial charge in [-0.25, -0.2) is 8.78 Å². The number of carbonyl (C=O) groups is 2. The second-order valence-corrected chi connectivity index (χ2v) is 9.34. The minimum atomic E-state index is -3.33. The van der Waals surface area contributed by atoms with Crippen LogP contribution in [0.25, 0.3) is 0 Å². The van der Waals surface area contributed by atoms with Crippen molar-refractivity contribution in [3.8, 4) is 0 Å². The molecule has 2 amide bonds. The number of halogens is 4. The second-order valence-electron chi connectivity index (χ2n) is 9.34. The van der Waals surface area contributed by atoms with Crippen molar-refractivity contribution in [3.63, 3.8) is 0 Å². The molecule has 11 heteroatoms. The van der Waals surface area contributed by atoms with Crippen molar-refractivity contribution >= 4 is 17.5 Å². The molecule has 2 atom stereocenters. The number of amides is 2. The van der Waals surface area contributed by atoms with E-state index in [-0.39, 0.29) is 42.0 Å². The average molecular weight is 453 g/mol. The number of primary amides is 1. The minimum Gasteiger partial charge on any atom is -0.364 e. The number of hydrogen-bond donors (Lipinski definition) is 2. The van der Waals surface area contributed by atoms with Gasteiger partial charge in [0.05, 0.1) is 0 Å². The lowest BCUT2D eigenvalue weighted by molar-refractivity contribution is -0.0153. The molecule has 2 saturated carbocycles. The number of hydrogen-bond acceptors (Lipinski definition) is 4. The molecule has 0 saturated heterocycles. The van der Waals surface area contributed by atoms with E-state index in [2.05, 4.69) is 15.4 Å². The van der Waals surface area contributed by atoms with Crippen LogP contribution in [0, 0.1) is 17.8 Å². The first-order chi connectivity index (χ1) is 14.7. The highest BCUT2D eigenvalue weighted by Crippen LogP contribution is 2.77. The zero-order valence-corrected chi connectivity index (χ0v) is 17.8. The van der Waals surface area contributed by atoms with Crippen molar-refractivity contribution in [2.24, 2.45) is 16.6 Å². The maximum Gasteiger partial charge on any atom is 0.289 e. The summed E-state index contributed by atoms with van der Waals surface area (Å²) in [5.74, 6) is -7.72. The molecule has 0 radical (unpaired) electrons. The molecular weight excluding hydrogens is 430 g/mol. The normalized spacial score (nSPS) is 26.0. The topological polar surface area (TPSA) is 103 Å². The number of carbonyl (C=O) groups excluding carboxylic acids is 2. The number of alkyl halides is 4. The van der Waals surface area contributed by atoms with Crippen LogP contribution >= 0.6 is 0 Å². The summed E-state index contributed by atoms with van der Waals surface area (Å²) < 4.78 is 57.6. The first-order valence-corrected chi connectivity index (χ1v) is 10.1. The number of nitrogens with one attached hydrogen (secondary N) is 1. The number of pyridine rings is 1. The largest absolute Gasteiger partial charge is 0.364 e. The minimum absolute atomic E-state index is 0.0392. The summed E-state index contributed by atoms with van der Waals surface area (Å²) >= 11 is 0. The van der Waals surface area contributed by atoms with Crippen molar-refractivity contribution < 1.29 is 27.2 Å². The van der Waals surface area contributed by atoms with Crippen LogP contribution in [0.2, 0.25) is 0 Å². The van der Waals surface area contributed by atoms with E-state index in [4.69, 9.17) is 5.73 Å². The van der Waals surface area contributed by atoms with Gasteiger partial charge in [-0.05, 0) is 30.9 Å². The van der Waals surface area contributed by atoms with E-state index in [9.17, 15) is 27.2 Å². The molecular formula is C21H23F4N5O2. The van der Waals surface area contributed by atoms with E-state index in [0.29, 0.717) is 13.3 Å². The lowest BCUT2D eigenvalue weighted by Gasteiger charge is -2.18. The Hall–Kier alpha value is -2.98. The van der Waals surface area contributed by atoms with Crippen LogP contribution in [0.1, 0.15) is 65.3 Å². The van der Waals surface area contributed by atoms with E-state index in [1.165, 1.54) is 25.3 Å². The number of anilines is 1. The van der Waals surface area contributed by atoms with E-state index in [1.54, 1.807) is 6.92 Å². The van der Waals surface area contributed by atoms with Crippen LogP contribution in [-0.2, 0) is 12.5 Å². The molecule has 2 aliphatic carbocycles.